The second-order valence-electron chi connectivity index (χ2n) is 4.29. The summed E-state index contributed by atoms with van der Waals surface area (Å²) in [6, 6.07) is 8.75. The molecule has 3 nitrogen and oxygen atoms in total. The highest BCUT2D eigenvalue weighted by Crippen LogP contribution is 2.33. The number of nitrogens with one attached hydrogen (secondary N) is 1. The molecule has 0 fully saturated rings. The Morgan fingerprint density at radius 2 is 2.25 bits per heavy atom. The number of anilines is 1. The monoisotopic (exact) mass is 220 g/mol. The molecule has 0 aromatic heterocycles. The van der Waals surface area contributed by atoms with E-state index in [4.69, 9.17) is 4.74 Å². The SMILES string of the molecule is CNCCCC1COc2ccccc2N1C. The molecule has 0 radical (unpaired) electrons. The van der Waals surface area contributed by atoms with Crippen LogP contribution in [0.15, 0.2) is 24.3 Å². The van der Waals surface area contributed by atoms with Crippen molar-refractivity contribution in [1.82, 2.24) is 5.32 Å². The molecule has 1 aromatic carbocycles. The van der Waals surface area contributed by atoms with Crippen LogP contribution < -0.4 is 15.0 Å². The summed E-state index contributed by atoms with van der Waals surface area (Å²) in [5.41, 5.74) is 1.21. The predicted octanol–water partition coefficient (Wildman–Crippen LogP) is 1.88. The zero-order valence-electron chi connectivity index (χ0n) is 10.1. The minimum absolute atomic E-state index is 0.503. The molecule has 1 aromatic rings. The average Bonchev–Trinajstić information content (AvgIpc) is 2.33. The topological polar surface area (TPSA) is 24.5 Å². The lowest BCUT2D eigenvalue weighted by atomic mass is 10.1. The summed E-state index contributed by atoms with van der Waals surface area (Å²) >= 11 is 0. The Bertz CT molecular complexity index is 340. The third-order valence-corrected chi connectivity index (χ3v) is 3.19. The van der Waals surface area contributed by atoms with Crippen molar-refractivity contribution < 1.29 is 4.74 Å². The summed E-state index contributed by atoms with van der Waals surface area (Å²) in [4.78, 5) is 2.34. The average molecular weight is 220 g/mol. The molecule has 0 saturated heterocycles. The molecule has 0 amide bonds. The van der Waals surface area contributed by atoms with Gasteiger partial charge in [-0.05, 0) is 38.6 Å². The normalized spacial score (nSPS) is 19.1. The number of para-hydroxylation sites is 2. The number of hydrogen-bond acceptors (Lipinski definition) is 3. The molecule has 0 aliphatic carbocycles. The van der Waals surface area contributed by atoms with Crippen molar-refractivity contribution in [2.45, 2.75) is 18.9 Å². The molecular formula is C13H20N2O. The van der Waals surface area contributed by atoms with E-state index in [9.17, 15) is 0 Å². The summed E-state index contributed by atoms with van der Waals surface area (Å²) < 4.78 is 5.78. The van der Waals surface area contributed by atoms with E-state index in [0.29, 0.717) is 6.04 Å². The smallest absolute Gasteiger partial charge is 0.142 e. The summed E-state index contributed by atoms with van der Waals surface area (Å²) in [6.45, 7) is 1.88. The molecule has 0 saturated carbocycles. The zero-order valence-corrected chi connectivity index (χ0v) is 10.1. The summed E-state index contributed by atoms with van der Waals surface area (Å²) in [5, 5.41) is 3.18. The van der Waals surface area contributed by atoms with Crippen LogP contribution in [0, 0.1) is 0 Å². The first-order chi connectivity index (χ1) is 7.83. The van der Waals surface area contributed by atoms with Crippen molar-refractivity contribution in [3.8, 4) is 5.75 Å². The Morgan fingerprint density at radius 1 is 1.44 bits per heavy atom. The molecule has 3 heteroatoms. The lowest BCUT2D eigenvalue weighted by Gasteiger charge is -2.35. The van der Waals surface area contributed by atoms with Gasteiger partial charge in [0.2, 0.25) is 0 Å². The van der Waals surface area contributed by atoms with Crippen LogP contribution in [0.25, 0.3) is 0 Å². The number of nitrogens with zero attached hydrogens (tertiary/aromatic N) is 1. The number of hydrogen-bond donors (Lipinski definition) is 1. The molecule has 0 spiro atoms. The maximum Gasteiger partial charge on any atom is 0.142 e. The number of ether oxygens (including phenoxy) is 1. The highest BCUT2D eigenvalue weighted by Gasteiger charge is 2.23. The Kier molecular flexibility index (Phi) is 3.67. The van der Waals surface area contributed by atoms with Gasteiger partial charge in [0.1, 0.15) is 12.4 Å². The first-order valence-corrected chi connectivity index (χ1v) is 5.92. The van der Waals surface area contributed by atoms with Crippen LogP contribution in [0.4, 0.5) is 5.69 Å². The van der Waals surface area contributed by atoms with Gasteiger partial charge in [0, 0.05) is 7.05 Å². The number of likely N-dealkylation sites (N-methyl/N-ethyl adjacent to an activating group) is 1. The largest absolute Gasteiger partial charge is 0.489 e. The Labute approximate surface area is 97.4 Å². The van der Waals surface area contributed by atoms with Crippen LogP contribution in [0.3, 0.4) is 0 Å². The minimum atomic E-state index is 0.503. The predicted molar refractivity (Wildman–Crippen MR) is 67.3 cm³/mol. The van der Waals surface area contributed by atoms with E-state index in [1.165, 1.54) is 18.5 Å². The first-order valence-electron chi connectivity index (χ1n) is 5.92. The maximum atomic E-state index is 5.78. The Morgan fingerprint density at radius 3 is 3.06 bits per heavy atom. The van der Waals surface area contributed by atoms with Gasteiger partial charge in [-0.2, -0.15) is 0 Å². The fourth-order valence-corrected chi connectivity index (χ4v) is 2.16. The molecule has 1 unspecified atom stereocenters. The van der Waals surface area contributed by atoms with E-state index < -0.39 is 0 Å². The minimum Gasteiger partial charge on any atom is -0.489 e. The molecule has 1 heterocycles. The molecule has 1 atom stereocenters. The molecule has 2 rings (SSSR count). The summed E-state index contributed by atoms with van der Waals surface area (Å²) in [6.07, 6.45) is 2.36. The van der Waals surface area contributed by atoms with Crippen molar-refractivity contribution in [2.75, 3.05) is 32.1 Å². The first kappa shape index (κ1) is 11.3. The van der Waals surface area contributed by atoms with Crippen molar-refractivity contribution in [3.05, 3.63) is 24.3 Å². The highest BCUT2D eigenvalue weighted by atomic mass is 16.5. The second-order valence-corrected chi connectivity index (χ2v) is 4.29. The van der Waals surface area contributed by atoms with Gasteiger partial charge in [0.05, 0.1) is 11.7 Å². The molecular weight excluding hydrogens is 200 g/mol. The highest BCUT2D eigenvalue weighted by molar-refractivity contribution is 5.59. The zero-order chi connectivity index (χ0) is 11.4. The van der Waals surface area contributed by atoms with Crippen LogP contribution in [-0.2, 0) is 0 Å². The lowest BCUT2D eigenvalue weighted by Crippen LogP contribution is -2.40. The van der Waals surface area contributed by atoms with Crippen LogP contribution in [0.5, 0.6) is 5.75 Å². The van der Waals surface area contributed by atoms with Gasteiger partial charge in [0.25, 0.3) is 0 Å². The summed E-state index contributed by atoms with van der Waals surface area (Å²) in [5.74, 6) is 1.01. The van der Waals surface area contributed by atoms with E-state index in [-0.39, 0.29) is 0 Å². The molecule has 1 aliphatic rings. The standard InChI is InChI=1S/C13H20N2O/c1-14-9-5-6-11-10-16-13-8-4-3-7-12(13)15(11)2/h3-4,7-8,11,14H,5-6,9-10H2,1-2H3. The molecule has 1 aliphatic heterocycles. The fraction of sp³-hybridized carbons (Fsp3) is 0.538. The van der Waals surface area contributed by atoms with Crippen molar-refractivity contribution in [2.24, 2.45) is 0 Å². The van der Waals surface area contributed by atoms with E-state index in [1.807, 2.05) is 19.2 Å². The van der Waals surface area contributed by atoms with Gasteiger partial charge in [0.15, 0.2) is 0 Å². The quantitative estimate of drug-likeness (QED) is 0.784. The van der Waals surface area contributed by atoms with Gasteiger partial charge in [-0.15, -0.1) is 0 Å². The van der Waals surface area contributed by atoms with Gasteiger partial charge >= 0.3 is 0 Å². The lowest BCUT2D eigenvalue weighted by molar-refractivity contribution is 0.258. The van der Waals surface area contributed by atoms with Gasteiger partial charge in [-0.1, -0.05) is 12.1 Å². The Hall–Kier alpha value is -1.22. The molecule has 88 valence electrons. The molecule has 16 heavy (non-hydrogen) atoms. The van der Waals surface area contributed by atoms with Crippen molar-refractivity contribution in [1.29, 1.82) is 0 Å². The van der Waals surface area contributed by atoms with E-state index >= 15 is 0 Å². The van der Waals surface area contributed by atoms with Crippen LogP contribution in [-0.4, -0.2) is 33.3 Å². The van der Waals surface area contributed by atoms with Crippen LogP contribution in [0.1, 0.15) is 12.8 Å². The molecule has 1 N–H and O–H groups in total. The third kappa shape index (κ3) is 2.30. The fourth-order valence-electron chi connectivity index (χ4n) is 2.16. The molecule has 0 bridgehead atoms. The van der Waals surface area contributed by atoms with E-state index in [2.05, 4.69) is 29.4 Å². The van der Waals surface area contributed by atoms with Crippen LogP contribution in [0.2, 0.25) is 0 Å². The van der Waals surface area contributed by atoms with E-state index in [1.54, 1.807) is 0 Å². The van der Waals surface area contributed by atoms with Crippen LogP contribution >= 0.6 is 0 Å². The van der Waals surface area contributed by atoms with Crippen molar-refractivity contribution >= 4 is 5.69 Å². The Balaban J connectivity index is 2.00. The van der Waals surface area contributed by atoms with Gasteiger partial charge in [-0.3, -0.25) is 0 Å². The number of benzene rings is 1. The van der Waals surface area contributed by atoms with E-state index in [0.717, 1.165) is 18.9 Å². The van der Waals surface area contributed by atoms with Gasteiger partial charge < -0.3 is 15.0 Å². The summed E-state index contributed by atoms with van der Waals surface area (Å²) in [7, 11) is 4.15. The van der Waals surface area contributed by atoms with Crippen molar-refractivity contribution in [3.63, 3.8) is 0 Å². The maximum absolute atomic E-state index is 5.78. The number of rotatable bonds is 4. The van der Waals surface area contributed by atoms with Gasteiger partial charge in [-0.25, -0.2) is 0 Å². The number of fused-ring (bicyclic) bond motifs is 1. The third-order valence-electron chi connectivity index (χ3n) is 3.19. The second kappa shape index (κ2) is 5.21.